The number of benzene rings is 1. The fourth-order valence-electron chi connectivity index (χ4n) is 1.42. The second kappa shape index (κ2) is 5.24. The summed E-state index contributed by atoms with van der Waals surface area (Å²) in [4.78, 5) is 1.37. The van der Waals surface area contributed by atoms with Gasteiger partial charge in [-0.15, -0.1) is 10.2 Å². The number of hydrogen-bond acceptors (Lipinski definition) is 4. The van der Waals surface area contributed by atoms with Gasteiger partial charge in [0.1, 0.15) is 0 Å². The molecule has 0 saturated heterocycles. The van der Waals surface area contributed by atoms with Crippen molar-refractivity contribution < 1.29 is 5.11 Å². The van der Waals surface area contributed by atoms with E-state index in [0.29, 0.717) is 12.2 Å². The summed E-state index contributed by atoms with van der Waals surface area (Å²) in [5, 5.41) is 21.6. The maximum Gasteiger partial charge on any atom is 0.177 e. The summed E-state index contributed by atoms with van der Waals surface area (Å²) in [5.41, 5.74) is 0.813. The first-order valence-electron chi connectivity index (χ1n) is 4.92. The average molecular weight is 362 g/mol. The van der Waals surface area contributed by atoms with Gasteiger partial charge in [-0.3, -0.25) is 0 Å². The molecule has 1 atom stereocenters. The van der Waals surface area contributed by atoms with E-state index in [0.717, 1.165) is 14.5 Å². The average Bonchev–Trinajstić information content (AvgIpc) is 2.68. The Kier molecular flexibility index (Phi) is 3.90. The van der Waals surface area contributed by atoms with Crippen molar-refractivity contribution in [3.63, 3.8) is 0 Å². The largest absolute Gasteiger partial charge is 0.388 e. The quantitative estimate of drug-likeness (QED) is 0.908. The van der Waals surface area contributed by atoms with Gasteiger partial charge in [-0.25, -0.2) is 0 Å². The maximum atomic E-state index is 10.0. The topological polar surface area (TPSA) is 63.8 Å². The minimum absolute atomic E-state index is 0.349. The van der Waals surface area contributed by atoms with Crippen molar-refractivity contribution in [2.45, 2.75) is 12.5 Å². The number of aryl methyl sites for hydroxylation is 1. The monoisotopic (exact) mass is 360 g/mol. The molecular weight excluding hydrogens is 352 g/mol. The van der Waals surface area contributed by atoms with E-state index >= 15 is 0 Å². The van der Waals surface area contributed by atoms with Crippen molar-refractivity contribution in [1.82, 2.24) is 20.2 Å². The van der Waals surface area contributed by atoms with Crippen LogP contribution in [0.1, 0.15) is 17.5 Å². The number of aliphatic hydroxyl groups excluding tert-OH is 1. The summed E-state index contributed by atoms with van der Waals surface area (Å²) >= 11 is 6.78. The van der Waals surface area contributed by atoms with Crippen LogP contribution in [-0.4, -0.2) is 25.3 Å². The fourth-order valence-corrected chi connectivity index (χ4v) is 2.06. The molecule has 1 aromatic heterocycles. The van der Waals surface area contributed by atoms with Gasteiger partial charge in [0, 0.05) is 15.4 Å². The highest BCUT2D eigenvalue weighted by atomic mass is 79.9. The van der Waals surface area contributed by atoms with Crippen molar-refractivity contribution in [1.29, 1.82) is 0 Å². The third-order valence-electron chi connectivity index (χ3n) is 2.25. The number of halogens is 2. The Labute approximate surface area is 115 Å². The van der Waals surface area contributed by atoms with Crippen molar-refractivity contribution >= 4 is 31.9 Å². The van der Waals surface area contributed by atoms with Crippen molar-refractivity contribution in [2.24, 2.45) is 7.05 Å². The van der Waals surface area contributed by atoms with Crippen molar-refractivity contribution in [3.05, 3.63) is 38.5 Å². The van der Waals surface area contributed by atoms with Crippen LogP contribution < -0.4 is 0 Å². The fraction of sp³-hybridized carbons (Fsp3) is 0.300. The molecule has 1 aromatic carbocycles. The Morgan fingerprint density at radius 2 is 2.12 bits per heavy atom. The van der Waals surface area contributed by atoms with E-state index in [1.807, 2.05) is 18.2 Å². The molecule has 0 fully saturated rings. The lowest BCUT2D eigenvalue weighted by atomic mass is 10.1. The van der Waals surface area contributed by atoms with Crippen LogP contribution in [0.4, 0.5) is 0 Å². The summed E-state index contributed by atoms with van der Waals surface area (Å²) in [7, 11) is 1.69. The van der Waals surface area contributed by atoms with Crippen LogP contribution in [0.5, 0.6) is 0 Å². The zero-order valence-electron chi connectivity index (χ0n) is 9.01. The summed E-state index contributed by atoms with van der Waals surface area (Å²) in [5.74, 6) is 0.527. The minimum Gasteiger partial charge on any atom is -0.388 e. The van der Waals surface area contributed by atoms with Crippen LogP contribution in [0.3, 0.4) is 0 Å². The molecule has 0 radical (unpaired) electrons. The first-order valence-corrected chi connectivity index (χ1v) is 6.51. The molecule has 2 aromatic rings. The lowest BCUT2D eigenvalue weighted by Crippen LogP contribution is -2.04. The number of hydrogen-bond donors (Lipinski definition) is 1. The molecule has 0 aliphatic rings. The third-order valence-corrected chi connectivity index (χ3v) is 4.13. The predicted molar refractivity (Wildman–Crippen MR) is 69.3 cm³/mol. The number of aliphatic hydroxyl groups is 1. The minimum atomic E-state index is -0.636. The first kappa shape index (κ1) is 12.7. The molecular formula is C10H10Br2N4O. The Bertz CT molecular complexity index is 529. The molecule has 0 aliphatic carbocycles. The van der Waals surface area contributed by atoms with Crippen LogP contribution >= 0.6 is 31.9 Å². The highest BCUT2D eigenvalue weighted by Crippen LogP contribution is 2.27. The summed E-state index contributed by atoms with van der Waals surface area (Å²) in [6.45, 7) is 0. The van der Waals surface area contributed by atoms with E-state index in [1.54, 1.807) is 7.05 Å². The van der Waals surface area contributed by atoms with Crippen LogP contribution in [0.15, 0.2) is 27.1 Å². The number of aromatic nitrogens is 4. The third kappa shape index (κ3) is 3.11. The van der Waals surface area contributed by atoms with Crippen molar-refractivity contribution in [2.75, 3.05) is 0 Å². The molecule has 1 unspecified atom stereocenters. The standard InChI is InChI=1S/C10H10Br2N4O/c1-16-14-10(13-15-16)5-9(17)6-2-3-7(11)8(12)4-6/h2-4,9,17H,5H2,1H3. The van der Waals surface area contributed by atoms with Crippen LogP contribution in [0.2, 0.25) is 0 Å². The first-order chi connectivity index (χ1) is 8.06. The van der Waals surface area contributed by atoms with Gasteiger partial charge in [0.05, 0.1) is 13.2 Å². The van der Waals surface area contributed by atoms with Crippen LogP contribution in [0, 0.1) is 0 Å². The predicted octanol–water partition coefficient (Wildman–Crippen LogP) is 2.01. The second-order valence-electron chi connectivity index (χ2n) is 3.59. The molecule has 90 valence electrons. The molecule has 17 heavy (non-hydrogen) atoms. The lowest BCUT2D eigenvalue weighted by molar-refractivity contribution is 0.175. The number of nitrogens with zero attached hydrogens (tertiary/aromatic N) is 4. The van der Waals surface area contributed by atoms with Gasteiger partial charge in [0.15, 0.2) is 5.82 Å². The van der Waals surface area contributed by atoms with E-state index < -0.39 is 6.10 Å². The Morgan fingerprint density at radius 3 is 2.71 bits per heavy atom. The van der Waals surface area contributed by atoms with E-state index in [4.69, 9.17) is 0 Å². The van der Waals surface area contributed by atoms with E-state index in [-0.39, 0.29) is 0 Å². The van der Waals surface area contributed by atoms with Gasteiger partial charge in [-0.2, -0.15) is 4.80 Å². The second-order valence-corrected chi connectivity index (χ2v) is 5.30. The van der Waals surface area contributed by atoms with E-state index in [9.17, 15) is 5.11 Å². The molecule has 0 spiro atoms. The molecule has 5 nitrogen and oxygen atoms in total. The van der Waals surface area contributed by atoms with Gasteiger partial charge in [0.2, 0.25) is 0 Å². The highest BCUT2D eigenvalue weighted by molar-refractivity contribution is 9.13. The molecule has 1 N–H and O–H groups in total. The van der Waals surface area contributed by atoms with Gasteiger partial charge in [0.25, 0.3) is 0 Å². The molecule has 0 bridgehead atoms. The molecule has 0 saturated carbocycles. The molecule has 0 aliphatic heterocycles. The number of rotatable bonds is 3. The highest BCUT2D eigenvalue weighted by Gasteiger charge is 2.13. The van der Waals surface area contributed by atoms with E-state index in [2.05, 4.69) is 47.3 Å². The van der Waals surface area contributed by atoms with Crippen LogP contribution in [0.25, 0.3) is 0 Å². The van der Waals surface area contributed by atoms with Gasteiger partial charge in [-0.1, -0.05) is 6.07 Å². The van der Waals surface area contributed by atoms with Gasteiger partial charge < -0.3 is 5.11 Å². The Morgan fingerprint density at radius 1 is 1.35 bits per heavy atom. The molecule has 2 rings (SSSR count). The SMILES string of the molecule is Cn1nnc(CC(O)c2ccc(Br)c(Br)c2)n1. The Balaban J connectivity index is 2.14. The lowest BCUT2D eigenvalue weighted by Gasteiger charge is -2.09. The Hall–Kier alpha value is -0.790. The normalized spacial score (nSPS) is 12.7. The van der Waals surface area contributed by atoms with Crippen molar-refractivity contribution in [3.8, 4) is 0 Å². The zero-order valence-corrected chi connectivity index (χ0v) is 12.2. The van der Waals surface area contributed by atoms with E-state index in [1.165, 1.54) is 4.80 Å². The molecule has 1 heterocycles. The number of tetrazole rings is 1. The smallest absolute Gasteiger partial charge is 0.177 e. The zero-order chi connectivity index (χ0) is 12.4. The maximum absolute atomic E-state index is 10.0. The summed E-state index contributed by atoms with van der Waals surface area (Å²) in [6, 6.07) is 5.60. The molecule has 0 amide bonds. The summed E-state index contributed by atoms with van der Waals surface area (Å²) in [6.07, 6.45) is -0.286. The summed E-state index contributed by atoms with van der Waals surface area (Å²) < 4.78 is 1.85. The van der Waals surface area contributed by atoms with Crippen LogP contribution in [-0.2, 0) is 13.5 Å². The van der Waals surface area contributed by atoms with Gasteiger partial charge in [-0.05, 0) is 54.8 Å². The molecule has 7 heteroatoms. The van der Waals surface area contributed by atoms with Gasteiger partial charge >= 0.3 is 0 Å².